The van der Waals surface area contributed by atoms with Crippen molar-refractivity contribution in [2.45, 2.75) is 0 Å². The van der Waals surface area contributed by atoms with E-state index in [0.717, 1.165) is 27.8 Å². The SMILES string of the molecule is C=Cc1ccc(-c2ccc(-c3cc(OC)ccc3OC)cc2C(=O)OC)cc1. The fraction of sp³-hybridized carbons (Fsp3) is 0.125. The summed E-state index contributed by atoms with van der Waals surface area (Å²) in [6, 6.07) is 19.1. The topological polar surface area (TPSA) is 44.8 Å². The Hall–Kier alpha value is -3.53. The Morgan fingerprint density at radius 2 is 1.54 bits per heavy atom. The van der Waals surface area contributed by atoms with Gasteiger partial charge in [-0.2, -0.15) is 0 Å². The first-order valence-corrected chi connectivity index (χ1v) is 8.79. The van der Waals surface area contributed by atoms with Crippen LogP contribution < -0.4 is 9.47 Å². The van der Waals surface area contributed by atoms with E-state index in [2.05, 4.69) is 6.58 Å². The van der Waals surface area contributed by atoms with Gasteiger partial charge >= 0.3 is 5.97 Å². The summed E-state index contributed by atoms with van der Waals surface area (Å²) in [7, 11) is 4.61. The Bertz CT molecular complexity index is 1000. The molecule has 0 saturated carbocycles. The summed E-state index contributed by atoms with van der Waals surface area (Å²) >= 11 is 0. The molecule has 0 amide bonds. The van der Waals surface area contributed by atoms with E-state index in [1.807, 2.05) is 60.7 Å². The molecule has 0 aliphatic carbocycles. The first kappa shape index (κ1) is 19.2. The lowest BCUT2D eigenvalue weighted by Crippen LogP contribution is -2.04. The van der Waals surface area contributed by atoms with Crippen molar-refractivity contribution in [2.24, 2.45) is 0 Å². The Balaban J connectivity index is 2.16. The molecule has 0 atom stereocenters. The fourth-order valence-electron chi connectivity index (χ4n) is 3.08. The average Bonchev–Trinajstić information content (AvgIpc) is 2.77. The minimum Gasteiger partial charge on any atom is -0.497 e. The van der Waals surface area contributed by atoms with Gasteiger partial charge in [-0.05, 0) is 46.5 Å². The number of hydrogen-bond donors (Lipinski definition) is 0. The molecule has 0 aliphatic heterocycles. The molecular weight excluding hydrogens is 352 g/mol. The smallest absolute Gasteiger partial charge is 0.338 e. The van der Waals surface area contributed by atoms with Gasteiger partial charge in [0.1, 0.15) is 11.5 Å². The average molecular weight is 374 g/mol. The van der Waals surface area contributed by atoms with Crippen LogP contribution >= 0.6 is 0 Å². The van der Waals surface area contributed by atoms with Gasteiger partial charge in [0.05, 0.1) is 26.9 Å². The van der Waals surface area contributed by atoms with Gasteiger partial charge in [-0.25, -0.2) is 4.79 Å². The minimum atomic E-state index is -0.397. The third kappa shape index (κ3) is 3.76. The van der Waals surface area contributed by atoms with Crippen LogP contribution in [0.1, 0.15) is 15.9 Å². The van der Waals surface area contributed by atoms with Crippen molar-refractivity contribution in [1.82, 2.24) is 0 Å². The first-order valence-electron chi connectivity index (χ1n) is 8.79. The molecular formula is C24H22O4. The number of hydrogen-bond acceptors (Lipinski definition) is 4. The summed E-state index contributed by atoms with van der Waals surface area (Å²) in [6.07, 6.45) is 1.78. The van der Waals surface area contributed by atoms with E-state index in [1.165, 1.54) is 7.11 Å². The highest BCUT2D eigenvalue weighted by atomic mass is 16.5. The van der Waals surface area contributed by atoms with Crippen LogP contribution in [0.4, 0.5) is 0 Å². The number of carbonyl (C=O) groups excluding carboxylic acids is 1. The van der Waals surface area contributed by atoms with E-state index >= 15 is 0 Å². The number of ether oxygens (including phenoxy) is 3. The molecule has 4 heteroatoms. The molecule has 0 fully saturated rings. The highest BCUT2D eigenvalue weighted by molar-refractivity contribution is 5.99. The van der Waals surface area contributed by atoms with Gasteiger partial charge in [-0.3, -0.25) is 0 Å². The molecule has 0 saturated heterocycles. The van der Waals surface area contributed by atoms with Gasteiger partial charge in [0.25, 0.3) is 0 Å². The Labute approximate surface area is 165 Å². The zero-order chi connectivity index (χ0) is 20.1. The second-order valence-electron chi connectivity index (χ2n) is 6.14. The van der Waals surface area contributed by atoms with E-state index in [-0.39, 0.29) is 0 Å². The largest absolute Gasteiger partial charge is 0.497 e. The number of methoxy groups -OCH3 is 3. The van der Waals surface area contributed by atoms with Crippen LogP contribution in [0.3, 0.4) is 0 Å². The Morgan fingerprint density at radius 1 is 0.821 bits per heavy atom. The summed E-state index contributed by atoms with van der Waals surface area (Å²) in [5, 5.41) is 0. The van der Waals surface area contributed by atoms with Gasteiger partial charge in [-0.15, -0.1) is 0 Å². The van der Waals surface area contributed by atoms with Gasteiger partial charge in [0.2, 0.25) is 0 Å². The third-order valence-corrected chi connectivity index (χ3v) is 4.60. The van der Waals surface area contributed by atoms with Gasteiger partial charge < -0.3 is 14.2 Å². The summed E-state index contributed by atoms with van der Waals surface area (Å²) in [5.41, 5.74) is 4.89. The van der Waals surface area contributed by atoms with E-state index in [4.69, 9.17) is 14.2 Å². The van der Waals surface area contributed by atoms with Crippen molar-refractivity contribution in [3.05, 3.63) is 78.4 Å². The first-order chi connectivity index (χ1) is 13.6. The number of rotatable bonds is 6. The maximum absolute atomic E-state index is 12.5. The minimum absolute atomic E-state index is 0.397. The summed E-state index contributed by atoms with van der Waals surface area (Å²) in [4.78, 5) is 12.5. The molecule has 0 spiro atoms. The summed E-state index contributed by atoms with van der Waals surface area (Å²) in [6.45, 7) is 3.77. The van der Waals surface area contributed by atoms with Crippen molar-refractivity contribution in [3.63, 3.8) is 0 Å². The molecule has 0 radical (unpaired) electrons. The molecule has 0 bridgehead atoms. The zero-order valence-electron chi connectivity index (χ0n) is 16.2. The lowest BCUT2D eigenvalue weighted by molar-refractivity contribution is 0.0601. The summed E-state index contributed by atoms with van der Waals surface area (Å²) in [5.74, 6) is 1.01. The zero-order valence-corrected chi connectivity index (χ0v) is 16.2. The van der Waals surface area contributed by atoms with Crippen molar-refractivity contribution < 1.29 is 19.0 Å². The third-order valence-electron chi connectivity index (χ3n) is 4.60. The van der Waals surface area contributed by atoms with Crippen LogP contribution in [-0.4, -0.2) is 27.3 Å². The number of carbonyl (C=O) groups is 1. The molecule has 0 unspecified atom stereocenters. The highest BCUT2D eigenvalue weighted by Gasteiger charge is 2.17. The molecule has 28 heavy (non-hydrogen) atoms. The quantitative estimate of drug-likeness (QED) is 0.537. The maximum atomic E-state index is 12.5. The standard InChI is InChI=1S/C24H22O4/c1-5-16-6-8-17(9-7-16)20-12-10-18(14-22(20)24(25)28-4)21-15-19(26-2)11-13-23(21)27-3/h5-15H,1H2,2-4H3. The predicted molar refractivity (Wildman–Crippen MR) is 112 cm³/mol. The number of benzene rings is 3. The molecule has 0 aromatic heterocycles. The second-order valence-corrected chi connectivity index (χ2v) is 6.14. The van der Waals surface area contributed by atoms with Crippen LogP contribution in [0.2, 0.25) is 0 Å². The van der Waals surface area contributed by atoms with Crippen molar-refractivity contribution >= 4 is 12.0 Å². The Kier molecular flexibility index (Phi) is 5.80. The van der Waals surface area contributed by atoms with Crippen LogP contribution in [0.5, 0.6) is 11.5 Å². The molecule has 0 heterocycles. The molecule has 0 N–H and O–H groups in total. The van der Waals surface area contributed by atoms with E-state index in [1.54, 1.807) is 20.3 Å². The number of esters is 1. The van der Waals surface area contributed by atoms with E-state index < -0.39 is 5.97 Å². The molecule has 3 rings (SSSR count). The van der Waals surface area contributed by atoms with Gasteiger partial charge in [-0.1, -0.05) is 49.1 Å². The predicted octanol–water partition coefficient (Wildman–Crippen LogP) is 5.47. The maximum Gasteiger partial charge on any atom is 0.338 e. The molecule has 4 nitrogen and oxygen atoms in total. The monoisotopic (exact) mass is 374 g/mol. The van der Waals surface area contributed by atoms with E-state index in [9.17, 15) is 4.79 Å². The molecule has 0 aliphatic rings. The van der Waals surface area contributed by atoms with Crippen LogP contribution in [0.15, 0.2) is 67.2 Å². The van der Waals surface area contributed by atoms with Crippen LogP contribution in [0, 0.1) is 0 Å². The highest BCUT2D eigenvalue weighted by Crippen LogP contribution is 2.36. The normalized spacial score (nSPS) is 10.2. The van der Waals surface area contributed by atoms with Crippen LogP contribution in [-0.2, 0) is 4.74 Å². The summed E-state index contributed by atoms with van der Waals surface area (Å²) < 4.78 is 15.8. The molecule has 3 aromatic carbocycles. The molecule has 142 valence electrons. The van der Waals surface area contributed by atoms with Gasteiger partial charge in [0, 0.05) is 5.56 Å². The van der Waals surface area contributed by atoms with Crippen molar-refractivity contribution in [2.75, 3.05) is 21.3 Å². The van der Waals surface area contributed by atoms with Crippen molar-refractivity contribution in [3.8, 4) is 33.8 Å². The van der Waals surface area contributed by atoms with Crippen LogP contribution in [0.25, 0.3) is 28.3 Å². The second kappa shape index (κ2) is 8.44. The van der Waals surface area contributed by atoms with Gasteiger partial charge in [0.15, 0.2) is 0 Å². The Morgan fingerprint density at radius 3 is 2.14 bits per heavy atom. The fourth-order valence-corrected chi connectivity index (χ4v) is 3.08. The lowest BCUT2D eigenvalue weighted by atomic mass is 9.94. The van der Waals surface area contributed by atoms with E-state index in [0.29, 0.717) is 17.1 Å². The lowest BCUT2D eigenvalue weighted by Gasteiger charge is -2.14. The van der Waals surface area contributed by atoms with Crippen molar-refractivity contribution in [1.29, 1.82) is 0 Å². The molecule has 3 aromatic rings.